The van der Waals surface area contributed by atoms with Gasteiger partial charge in [0.25, 0.3) is 0 Å². The van der Waals surface area contributed by atoms with Crippen LogP contribution in [0.5, 0.6) is 0 Å². The van der Waals surface area contributed by atoms with Gasteiger partial charge in [0.2, 0.25) is 10.0 Å². The number of rotatable bonds is 6. The Morgan fingerprint density at radius 1 is 1.21 bits per heavy atom. The van der Waals surface area contributed by atoms with Crippen LogP contribution in [0.2, 0.25) is 10.0 Å². The number of anilines is 2. The van der Waals surface area contributed by atoms with E-state index >= 15 is 0 Å². The quantitative estimate of drug-likeness (QED) is 0.537. The smallest absolute Gasteiger partial charge is 0.341 e. The number of esters is 1. The second-order valence-corrected chi connectivity index (χ2v) is 8.64. The Morgan fingerprint density at radius 2 is 1.97 bits per heavy atom. The fourth-order valence-corrected chi connectivity index (χ4v) is 4.09. The van der Waals surface area contributed by atoms with E-state index in [0.717, 1.165) is 0 Å². The monoisotopic (exact) mass is 453 g/mol. The van der Waals surface area contributed by atoms with Gasteiger partial charge in [0.05, 0.1) is 27.7 Å². The lowest BCUT2D eigenvalue weighted by Gasteiger charge is -2.16. The van der Waals surface area contributed by atoms with Gasteiger partial charge in [0.15, 0.2) is 0 Å². The first-order valence-electron chi connectivity index (χ1n) is 8.52. The molecule has 3 aromatic rings. The Kier molecular flexibility index (Phi) is 6.28. The molecule has 152 valence electrons. The molecule has 0 unspecified atom stereocenters. The third-order valence-electron chi connectivity index (χ3n) is 4.06. The van der Waals surface area contributed by atoms with E-state index in [-0.39, 0.29) is 22.1 Å². The highest BCUT2D eigenvalue weighted by atomic mass is 35.5. The molecular formula is C19H17Cl2N3O4S. The summed E-state index contributed by atoms with van der Waals surface area (Å²) < 4.78 is 31.6. The molecule has 0 amide bonds. The lowest BCUT2D eigenvalue weighted by molar-refractivity contribution is 0.0527. The van der Waals surface area contributed by atoms with E-state index in [1.165, 1.54) is 31.4 Å². The zero-order valence-electron chi connectivity index (χ0n) is 15.5. The number of benzene rings is 2. The van der Waals surface area contributed by atoms with E-state index in [0.29, 0.717) is 27.3 Å². The van der Waals surface area contributed by atoms with Crippen LogP contribution in [0, 0.1) is 0 Å². The van der Waals surface area contributed by atoms with Crippen molar-refractivity contribution in [1.29, 1.82) is 0 Å². The van der Waals surface area contributed by atoms with Crippen molar-refractivity contribution >= 4 is 61.5 Å². The molecule has 0 saturated carbocycles. The highest BCUT2D eigenvalue weighted by molar-refractivity contribution is 7.89. The van der Waals surface area contributed by atoms with Gasteiger partial charge in [-0.1, -0.05) is 29.3 Å². The SMILES string of the molecule is CCOC(=O)c1cnc2cc(Cl)cc(Cl)c2c1Nc1cccc(S(=O)(=O)NC)c1. The number of sulfonamides is 1. The number of aromatic nitrogens is 1. The molecule has 29 heavy (non-hydrogen) atoms. The van der Waals surface area contributed by atoms with E-state index < -0.39 is 16.0 Å². The Balaban J connectivity index is 2.20. The van der Waals surface area contributed by atoms with Gasteiger partial charge < -0.3 is 10.1 Å². The van der Waals surface area contributed by atoms with Crippen LogP contribution in [0.4, 0.5) is 11.4 Å². The van der Waals surface area contributed by atoms with Gasteiger partial charge in [-0.05, 0) is 44.3 Å². The van der Waals surface area contributed by atoms with Gasteiger partial charge in [0.1, 0.15) is 5.56 Å². The van der Waals surface area contributed by atoms with E-state index in [2.05, 4.69) is 15.0 Å². The lowest BCUT2D eigenvalue weighted by atomic mass is 10.1. The van der Waals surface area contributed by atoms with Crippen LogP contribution in [0.25, 0.3) is 10.9 Å². The second kappa shape index (κ2) is 8.54. The predicted molar refractivity (Wildman–Crippen MR) is 114 cm³/mol. The van der Waals surface area contributed by atoms with Gasteiger partial charge in [-0.15, -0.1) is 0 Å². The molecule has 2 N–H and O–H groups in total. The topological polar surface area (TPSA) is 97.4 Å². The molecule has 0 fully saturated rings. The van der Waals surface area contributed by atoms with Crippen LogP contribution in [-0.2, 0) is 14.8 Å². The first kappa shape index (κ1) is 21.3. The lowest BCUT2D eigenvalue weighted by Crippen LogP contribution is -2.18. The second-order valence-electron chi connectivity index (χ2n) is 5.91. The predicted octanol–water partition coefficient (Wildman–Crippen LogP) is 4.37. The molecule has 2 aromatic carbocycles. The van der Waals surface area contributed by atoms with Crippen molar-refractivity contribution < 1.29 is 17.9 Å². The van der Waals surface area contributed by atoms with Gasteiger partial charge >= 0.3 is 5.97 Å². The normalized spacial score (nSPS) is 11.4. The molecule has 0 saturated heterocycles. The number of nitrogens with zero attached hydrogens (tertiary/aromatic N) is 1. The van der Waals surface area contributed by atoms with Crippen molar-refractivity contribution in [3.8, 4) is 0 Å². The standard InChI is InChI=1S/C19H17Cl2N3O4S/c1-3-28-19(25)14-10-23-16-8-11(20)7-15(21)17(16)18(14)24-12-5-4-6-13(9-12)29(26,27)22-2/h4-10,22H,3H2,1-2H3,(H,23,24). The maximum Gasteiger partial charge on any atom is 0.341 e. The summed E-state index contributed by atoms with van der Waals surface area (Å²) in [5.74, 6) is -0.589. The summed E-state index contributed by atoms with van der Waals surface area (Å²) in [6.07, 6.45) is 1.36. The molecule has 0 atom stereocenters. The van der Waals surface area contributed by atoms with Crippen LogP contribution in [0.15, 0.2) is 47.5 Å². The number of ether oxygens (including phenoxy) is 1. The number of carbonyl (C=O) groups excluding carboxylic acids is 1. The van der Waals surface area contributed by atoms with Crippen molar-refractivity contribution in [1.82, 2.24) is 9.71 Å². The molecule has 1 aromatic heterocycles. The van der Waals surface area contributed by atoms with Crippen LogP contribution >= 0.6 is 23.2 Å². The maximum atomic E-state index is 12.5. The Hall–Kier alpha value is -2.39. The largest absolute Gasteiger partial charge is 0.462 e. The first-order valence-corrected chi connectivity index (χ1v) is 10.8. The third kappa shape index (κ3) is 4.45. The Bertz CT molecular complexity index is 1200. The van der Waals surface area contributed by atoms with Crippen molar-refractivity contribution in [2.24, 2.45) is 0 Å². The average molecular weight is 454 g/mol. The molecule has 0 spiro atoms. The van der Waals surface area contributed by atoms with E-state index in [9.17, 15) is 13.2 Å². The molecule has 10 heteroatoms. The third-order valence-corrected chi connectivity index (χ3v) is 5.99. The Morgan fingerprint density at radius 3 is 2.66 bits per heavy atom. The number of hydrogen-bond acceptors (Lipinski definition) is 6. The molecule has 3 rings (SSSR count). The van der Waals surface area contributed by atoms with Gasteiger partial charge in [-0.25, -0.2) is 17.9 Å². The minimum Gasteiger partial charge on any atom is -0.462 e. The van der Waals surface area contributed by atoms with Crippen molar-refractivity contribution in [2.75, 3.05) is 19.0 Å². The number of halogens is 2. The molecule has 0 aliphatic rings. The zero-order valence-corrected chi connectivity index (χ0v) is 17.8. The molecular weight excluding hydrogens is 437 g/mol. The molecule has 0 bridgehead atoms. The molecule has 0 aliphatic carbocycles. The number of nitrogens with one attached hydrogen (secondary N) is 2. The Labute approximate surface area is 178 Å². The molecule has 0 radical (unpaired) electrons. The van der Waals surface area contributed by atoms with E-state index in [1.54, 1.807) is 25.1 Å². The minimum absolute atomic E-state index is 0.0650. The van der Waals surface area contributed by atoms with E-state index in [1.807, 2.05) is 0 Å². The van der Waals surface area contributed by atoms with Crippen molar-refractivity contribution in [2.45, 2.75) is 11.8 Å². The fourth-order valence-electron chi connectivity index (χ4n) is 2.74. The van der Waals surface area contributed by atoms with Gasteiger partial charge in [-0.3, -0.25) is 4.98 Å². The van der Waals surface area contributed by atoms with Crippen LogP contribution in [0.1, 0.15) is 17.3 Å². The molecule has 0 aliphatic heterocycles. The summed E-state index contributed by atoms with van der Waals surface area (Å²) in [5, 5.41) is 4.23. The van der Waals surface area contributed by atoms with Crippen molar-refractivity contribution in [3.63, 3.8) is 0 Å². The summed E-state index contributed by atoms with van der Waals surface area (Å²) in [6, 6.07) is 9.30. The first-order chi connectivity index (χ1) is 13.8. The number of fused-ring (bicyclic) bond motifs is 1. The van der Waals surface area contributed by atoms with Gasteiger partial charge in [0, 0.05) is 22.3 Å². The summed E-state index contributed by atoms with van der Waals surface area (Å²) >= 11 is 12.5. The average Bonchev–Trinajstić information content (AvgIpc) is 2.68. The van der Waals surface area contributed by atoms with Crippen LogP contribution in [0.3, 0.4) is 0 Å². The highest BCUT2D eigenvalue weighted by Crippen LogP contribution is 2.36. The van der Waals surface area contributed by atoms with Gasteiger partial charge in [-0.2, -0.15) is 0 Å². The minimum atomic E-state index is -3.64. The highest BCUT2D eigenvalue weighted by Gasteiger charge is 2.20. The number of carbonyl (C=O) groups is 1. The zero-order chi connectivity index (χ0) is 21.2. The maximum absolute atomic E-state index is 12.5. The van der Waals surface area contributed by atoms with Crippen LogP contribution < -0.4 is 10.0 Å². The molecule has 7 nitrogen and oxygen atoms in total. The van der Waals surface area contributed by atoms with E-state index in [4.69, 9.17) is 27.9 Å². The summed E-state index contributed by atoms with van der Waals surface area (Å²) in [5.41, 5.74) is 1.40. The number of pyridine rings is 1. The summed E-state index contributed by atoms with van der Waals surface area (Å²) in [7, 11) is -2.31. The van der Waals surface area contributed by atoms with Crippen LogP contribution in [-0.4, -0.2) is 33.0 Å². The fraction of sp³-hybridized carbons (Fsp3) is 0.158. The molecule has 1 heterocycles. The summed E-state index contributed by atoms with van der Waals surface area (Å²) in [6.45, 7) is 1.87. The van der Waals surface area contributed by atoms with Crippen molar-refractivity contribution in [3.05, 3.63) is 58.2 Å². The summed E-state index contributed by atoms with van der Waals surface area (Å²) in [4.78, 5) is 16.8. The number of hydrogen-bond donors (Lipinski definition) is 2.